The van der Waals surface area contributed by atoms with Gasteiger partial charge in [0.05, 0.1) is 10.2 Å². The van der Waals surface area contributed by atoms with Gasteiger partial charge in [-0.25, -0.2) is 9.78 Å². The molecule has 1 aliphatic rings. The highest BCUT2D eigenvalue weighted by molar-refractivity contribution is 14.1. The van der Waals surface area contributed by atoms with Crippen molar-refractivity contribution in [2.45, 2.75) is 39.7 Å². The van der Waals surface area contributed by atoms with E-state index in [4.69, 9.17) is 9.47 Å². The number of halogens is 1. The molecule has 22 heavy (non-hydrogen) atoms. The largest absolute Gasteiger partial charge is 0.477 e. The maximum absolute atomic E-state index is 12.0. The number of hydrogen-bond donors (Lipinski definition) is 0. The molecule has 122 valence electrons. The van der Waals surface area contributed by atoms with Crippen LogP contribution < -0.4 is 4.74 Å². The lowest BCUT2D eigenvalue weighted by Crippen LogP contribution is -2.35. The molecular formula is C16H23IN2O3. The molecule has 1 aliphatic heterocycles. The fraction of sp³-hybridized carbons (Fsp3) is 0.625. The molecule has 6 heteroatoms. The van der Waals surface area contributed by atoms with Crippen molar-refractivity contribution in [2.24, 2.45) is 5.92 Å². The van der Waals surface area contributed by atoms with E-state index in [9.17, 15) is 4.79 Å². The van der Waals surface area contributed by atoms with Gasteiger partial charge in [0, 0.05) is 25.2 Å². The molecule has 1 atom stereocenters. The van der Waals surface area contributed by atoms with Gasteiger partial charge in [0.15, 0.2) is 0 Å². The number of pyridine rings is 1. The first-order chi connectivity index (χ1) is 10.2. The summed E-state index contributed by atoms with van der Waals surface area (Å²) in [4.78, 5) is 18.1. The molecule has 1 aromatic rings. The van der Waals surface area contributed by atoms with Crippen LogP contribution in [-0.2, 0) is 4.74 Å². The molecule has 1 aromatic heterocycles. The summed E-state index contributed by atoms with van der Waals surface area (Å²) >= 11 is 2.23. The minimum atomic E-state index is -0.451. The number of carbonyl (C=O) groups excluding carboxylic acids is 1. The van der Waals surface area contributed by atoms with Crippen LogP contribution in [0.1, 0.15) is 32.8 Å². The topological polar surface area (TPSA) is 51.7 Å². The van der Waals surface area contributed by atoms with Gasteiger partial charge in [0.1, 0.15) is 5.60 Å². The van der Waals surface area contributed by atoms with E-state index in [1.165, 1.54) is 0 Å². The molecule has 1 fully saturated rings. The van der Waals surface area contributed by atoms with Crippen molar-refractivity contribution in [3.63, 3.8) is 0 Å². The summed E-state index contributed by atoms with van der Waals surface area (Å²) in [7, 11) is 0. The average molecular weight is 418 g/mol. The third-order valence-corrected chi connectivity index (χ3v) is 4.11. The Morgan fingerprint density at radius 1 is 1.50 bits per heavy atom. The standard InChI is InChI=1S/C16H23IN2O3/c1-11-7-13(17)14(18-8-11)21-10-12-5-6-19(9-12)15(20)22-16(2,3)4/h7-8,12H,5-6,9-10H2,1-4H3/t12-/m1/s1. The average Bonchev–Trinajstić information content (AvgIpc) is 2.84. The van der Waals surface area contributed by atoms with Crippen molar-refractivity contribution >= 4 is 28.7 Å². The molecule has 0 spiro atoms. The van der Waals surface area contributed by atoms with Gasteiger partial charge in [-0.3, -0.25) is 0 Å². The Hall–Kier alpha value is -1.05. The number of hydrogen-bond acceptors (Lipinski definition) is 4. The van der Waals surface area contributed by atoms with Crippen molar-refractivity contribution < 1.29 is 14.3 Å². The minimum Gasteiger partial charge on any atom is -0.477 e. The SMILES string of the molecule is Cc1cnc(OC[C@@H]2CCN(C(=O)OC(C)(C)C)C2)c(I)c1. The summed E-state index contributed by atoms with van der Waals surface area (Å²) in [6.45, 7) is 9.63. The number of carbonyl (C=O) groups is 1. The van der Waals surface area contributed by atoms with Gasteiger partial charge in [-0.2, -0.15) is 0 Å². The summed E-state index contributed by atoms with van der Waals surface area (Å²) in [5.41, 5.74) is 0.668. The lowest BCUT2D eigenvalue weighted by atomic mass is 10.1. The Morgan fingerprint density at radius 2 is 2.23 bits per heavy atom. The van der Waals surface area contributed by atoms with Crippen LogP contribution in [0.15, 0.2) is 12.3 Å². The van der Waals surface area contributed by atoms with Crippen molar-refractivity contribution in [1.82, 2.24) is 9.88 Å². The third kappa shape index (κ3) is 5.00. The number of aromatic nitrogens is 1. The second kappa shape index (κ2) is 7.02. The first-order valence-electron chi connectivity index (χ1n) is 7.47. The highest BCUT2D eigenvalue weighted by Crippen LogP contribution is 2.23. The summed E-state index contributed by atoms with van der Waals surface area (Å²) in [5.74, 6) is 0.994. The number of amides is 1. The molecule has 0 aromatic carbocycles. The number of likely N-dealkylation sites (tertiary alicyclic amines) is 1. The predicted octanol–water partition coefficient (Wildman–Crippen LogP) is 3.63. The van der Waals surface area contributed by atoms with E-state index in [1.807, 2.05) is 33.8 Å². The monoisotopic (exact) mass is 418 g/mol. The van der Waals surface area contributed by atoms with Crippen molar-refractivity contribution in [3.05, 3.63) is 21.4 Å². The van der Waals surface area contributed by atoms with Crippen molar-refractivity contribution in [2.75, 3.05) is 19.7 Å². The highest BCUT2D eigenvalue weighted by atomic mass is 127. The van der Waals surface area contributed by atoms with Crippen LogP contribution in [0.25, 0.3) is 0 Å². The molecule has 0 bridgehead atoms. The van der Waals surface area contributed by atoms with E-state index in [0.717, 1.165) is 22.1 Å². The molecule has 2 heterocycles. The van der Waals surface area contributed by atoms with Gasteiger partial charge in [-0.05, 0) is 68.3 Å². The smallest absolute Gasteiger partial charge is 0.410 e. The fourth-order valence-electron chi connectivity index (χ4n) is 2.28. The van der Waals surface area contributed by atoms with Gasteiger partial charge >= 0.3 is 6.09 Å². The van der Waals surface area contributed by atoms with Crippen molar-refractivity contribution in [1.29, 1.82) is 0 Å². The zero-order valence-electron chi connectivity index (χ0n) is 13.6. The van der Waals surface area contributed by atoms with Crippen LogP contribution in [0, 0.1) is 16.4 Å². The van der Waals surface area contributed by atoms with E-state index in [-0.39, 0.29) is 6.09 Å². The van der Waals surface area contributed by atoms with E-state index >= 15 is 0 Å². The maximum Gasteiger partial charge on any atom is 0.410 e. The number of rotatable bonds is 3. The summed E-state index contributed by atoms with van der Waals surface area (Å²) in [5, 5.41) is 0. The number of aryl methyl sites for hydroxylation is 1. The molecular weight excluding hydrogens is 395 g/mol. The van der Waals surface area contributed by atoms with E-state index in [0.29, 0.717) is 24.9 Å². The van der Waals surface area contributed by atoms with Crippen LogP contribution in [0.2, 0.25) is 0 Å². The van der Waals surface area contributed by atoms with Gasteiger partial charge < -0.3 is 14.4 Å². The van der Waals surface area contributed by atoms with E-state index in [2.05, 4.69) is 27.6 Å². The third-order valence-electron chi connectivity index (χ3n) is 3.34. The van der Waals surface area contributed by atoms with Crippen molar-refractivity contribution in [3.8, 4) is 5.88 Å². The van der Waals surface area contributed by atoms with Gasteiger partial charge in [-0.1, -0.05) is 0 Å². The minimum absolute atomic E-state index is 0.238. The van der Waals surface area contributed by atoms with E-state index < -0.39 is 5.60 Å². The van der Waals surface area contributed by atoms with Crippen LogP contribution in [-0.4, -0.2) is 41.3 Å². The Bertz CT molecular complexity index is 543. The Balaban J connectivity index is 1.82. The first kappa shape index (κ1) is 17.3. The summed E-state index contributed by atoms with van der Waals surface area (Å²) in [6.07, 6.45) is 2.50. The van der Waals surface area contributed by atoms with E-state index in [1.54, 1.807) is 11.1 Å². The molecule has 0 radical (unpaired) electrons. The van der Waals surface area contributed by atoms with Crippen LogP contribution >= 0.6 is 22.6 Å². The molecule has 0 saturated carbocycles. The van der Waals surface area contributed by atoms with Gasteiger partial charge in [-0.15, -0.1) is 0 Å². The molecule has 1 amide bonds. The van der Waals surface area contributed by atoms with Crippen LogP contribution in [0.4, 0.5) is 4.79 Å². The number of ether oxygens (including phenoxy) is 2. The highest BCUT2D eigenvalue weighted by Gasteiger charge is 2.30. The molecule has 0 N–H and O–H groups in total. The molecule has 2 rings (SSSR count). The van der Waals surface area contributed by atoms with Gasteiger partial charge in [0.25, 0.3) is 0 Å². The van der Waals surface area contributed by atoms with Gasteiger partial charge in [0.2, 0.25) is 5.88 Å². The fourth-order valence-corrected chi connectivity index (χ4v) is 3.07. The molecule has 0 unspecified atom stereocenters. The maximum atomic E-state index is 12.0. The van der Waals surface area contributed by atoms with Crippen LogP contribution in [0.5, 0.6) is 5.88 Å². The van der Waals surface area contributed by atoms with Crippen LogP contribution in [0.3, 0.4) is 0 Å². The zero-order valence-corrected chi connectivity index (χ0v) is 15.7. The lowest BCUT2D eigenvalue weighted by Gasteiger charge is -2.24. The molecule has 1 saturated heterocycles. The first-order valence-corrected chi connectivity index (χ1v) is 8.55. The second-order valence-corrected chi connectivity index (χ2v) is 7.85. The second-order valence-electron chi connectivity index (χ2n) is 6.69. The normalized spacial score (nSPS) is 18.4. The summed E-state index contributed by atoms with van der Waals surface area (Å²) in [6, 6.07) is 2.05. The lowest BCUT2D eigenvalue weighted by molar-refractivity contribution is 0.0284. The molecule has 5 nitrogen and oxygen atoms in total. The quantitative estimate of drug-likeness (QED) is 0.704. The summed E-state index contributed by atoms with van der Waals surface area (Å²) < 4.78 is 12.2. The number of nitrogens with zero attached hydrogens (tertiary/aromatic N) is 2. The Labute approximate surface area is 145 Å². The predicted molar refractivity (Wildman–Crippen MR) is 93.1 cm³/mol. The Kier molecular flexibility index (Phi) is 5.52. The molecule has 0 aliphatic carbocycles. The zero-order chi connectivity index (χ0) is 16.3. The Morgan fingerprint density at radius 3 is 2.86 bits per heavy atom.